The van der Waals surface area contributed by atoms with Crippen LogP contribution in [-0.2, 0) is 4.74 Å². The third-order valence-corrected chi connectivity index (χ3v) is 2.71. The largest absolute Gasteiger partial charge is 0.492 e. The van der Waals surface area contributed by atoms with Gasteiger partial charge in [-0.1, -0.05) is 0 Å². The monoisotopic (exact) mass is 263 g/mol. The number of rotatable bonds is 9. The summed E-state index contributed by atoms with van der Waals surface area (Å²) in [7, 11) is 1.67. The zero-order chi connectivity index (χ0) is 13.9. The second-order valence-electron chi connectivity index (χ2n) is 4.16. The van der Waals surface area contributed by atoms with Gasteiger partial charge in [-0.25, -0.2) is 0 Å². The molecule has 5 nitrogen and oxygen atoms in total. The molecule has 0 atom stereocenters. The van der Waals surface area contributed by atoms with Crippen molar-refractivity contribution in [2.75, 3.05) is 45.7 Å². The summed E-state index contributed by atoms with van der Waals surface area (Å²) < 4.78 is 10.7. The highest BCUT2D eigenvalue weighted by Gasteiger charge is 2.04. The van der Waals surface area contributed by atoms with Gasteiger partial charge < -0.3 is 15.2 Å². The Morgan fingerprint density at radius 3 is 2.47 bits per heavy atom. The first-order valence-electron chi connectivity index (χ1n) is 6.33. The third kappa shape index (κ3) is 6.65. The van der Waals surface area contributed by atoms with Gasteiger partial charge in [-0.15, -0.1) is 0 Å². The van der Waals surface area contributed by atoms with Gasteiger partial charge in [0.1, 0.15) is 12.4 Å². The molecule has 1 aromatic carbocycles. The van der Waals surface area contributed by atoms with Gasteiger partial charge in [-0.2, -0.15) is 5.26 Å². The van der Waals surface area contributed by atoms with Crippen LogP contribution in [0.15, 0.2) is 24.3 Å². The second-order valence-corrected chi connectivity index (χ2v) is 4.16. The lowest BCUT2D eigenvalue weighted by Crippen LogP contribution is -2.32. The fourth-order valence-corrected chi connectivity index (χ4v) is 1.62. The van der Waals surface area contributed by atoms with E-state index >= 15 is 0 Å². The van der Waals surface area contributed by atoms with E-state index in [2.05, 4.69) is 11.0 Å². The number of nitrogens with two attached hydrogens (primary N) is 1. The van der Waals surface area contributed by atoms with E-state index in [0.29, 0.717) is 19.6 Å². The summed E-state index contributed by atoms with van der Waals surface area (Å²) in [6.07, 6.45) is 0.519. The molecule has 5 heteroatoms. The minimum absolute atomic E-state index is 0.519. The van der Waals surface area contributed by atoms with Crippen molar-refractivity contribution < 1.29 is 9.47 Å². The standard InChI is InChI=1S/C14H21N3O2/c1-18-11-9-17(8-2-7-15)10-12-19-14-5-3-13(16)4-6-14/h3-6H,2,8-12,16H2,1H3. The molecule has 0 amide bonds. The summed E-state index contributed by atoms with van der Waals surface area (Å²) in [5, 5.41) is 8.62. The smallest absolute Gasteiger partial charge is 0.119 e. The fraction of sp³-hybridized carbons (Fsp3) is 0.500. The molecular formula is C14H21N3O2. The van der Waals surface area contributed by atoms with Crippen LogP contribution in [0.2, 0.25) is 0 Å². The van der Waals surface area contributed by atoms with E-state index in [0.717, 1.165) is 31.1 Å². The zero-order valence-electron chi connectivity index (χ0n) is 11.3. The van der Waals surface area contributed by atoms with Crippen LogP contribution in [0.25, 0.3) is 0 Å². The van der Waals surface area contributed by atoms with Crippen LogP contribution >= 0.6 is 0 Å². The molecule has 2 N–H and O–H groups in total. The zero-order valence-corrected chi connectivity index (χ0v) is 11.3. The quantitative estimate of drug-likeness (QED) is 0.684. The van der Waals surface area contributed by atoms with Crippen LogP contribution < -0.4 is 10.5 Å². The van der Waals surface area contributed by atoms with Crippen molar-refractivity contribution in [3.8, 4) is 11.8 Å². The van der Waals surface area contributed by atoms with E-state index in [1.165, 1.54) is 0 Å². The molecule has 0 aromatic heterocycles. The summed E-state index contributed by atoms with van der Waals surface area (Å²) in [5.41, 5.74) is 6.33. The molecule has 0 unspecified atom stereocenters. The van der Waals surface area contributed by atoms with E-state index < -0.39 is 0 Å². The van der Waals surface area contributed by atoms with Crippen LogP contribution in [0, 0.1) is 11.3 Å². The Kier molecular flexibility index (Phi) is 7.40. The van der Waals surface area contributed by atoms with Gasteiger partial charge in [0, 0.05) is 38.9 Å². The summed E-state index contributed by atoms with van der Waals surface area (Å²) in [4.78, 5) is 2.16. The third-order valence-electron chi connectivity index (χ3n) is 2.71. The lowest BCUT2D eigenvalue weighted by molar-refractivity contribution is 0.136. The van der Waals surface area contributed by atoms with Crippen LogP contribution in [0.5, 0.6) is 5.75 Å². The van der Waals surface area contributed by atoms with Gasteiger partial charge in [-0.3, -0.25) is 4.90 Å². The lowest BCUT2D eigenvalue weighted by atomic mass is 10.3. The number of nitriles is 1. The fourth-order valence-electron chi connectivity index (χ4n) is 1.62. The summed E-state index contributed by atoms with van der Waals surface area (Å²) in [5.74, 6) is 0.807. The SMILES string of the molecule is COCCN(CCC#N)CCOc1ccc(N)cc1. The molecule has 0 saturated carbocycles. The molecule has 0 bridgehead atoms. The maximum atomic E-state index is 8.62. The van der Waals surface area contributed by atoms with Gasteiger partial charge in [0.05, 0.1) is 12.7 Å². The molecule has 0 saturated heterocycles. The molecule has 1 aromatic rings. The molecule has 1 rings (SSSR count). The molecule has 0 fully saturated rings. The number of anilines is 1. The van der Waals surface area contributed by atoms with Crippen molar-refractivity contribution in [1.29, 1.82) is 5.26 Å². The first kappa shape index (κ1) is 15.3. The molecule has 104 valence electrons. The summed E-state index contributed by atoms with van der Waals surface area (Å²) in [6.45, 7) is 3.57. The van der Waals surface area contributed by atoms with Crippen molar-refractivity contribution in [3.05, 3.63) is 24.3 Å². The average molecular weight is 263 g/mol. The first-order valence-corrected chi connectivity index (χ1v) is 6.33. The van der Waals surface area contributed by atoms with E-state index in [4.69, 9.17) is 20.5 Å². The van der Waals surface area contributed by atoms with Crippen molar-refractivity contribution in [2.45, 2.75) is 6.42 Å². The topological polar surface area (TPSA) is 71.5 Å². The molecule has 0 aliphatic rings. The summed E-state index contributed by atoms with van der Waals surface area (Å²) >= 11 is 0. The number of methoxy groups -OCH3 is 1. The van der Waals surface area contributed by atoms with Gasteiger partial charge >= 0.3 is 0 Å². The number of benzene rings is 1. The highest BCUT2D eigenvalue weighted by Crippen LogP contribution is 2.12. The van der Waals surface area contributed by atoms with Crippen molar-refractivity contribution in [1.82, 2.24) is 4.90 Å². The molecule has 0 heterocycles. The Morgan fingerprint density at radius 2 is 1.84 bits per heavy atom. The van der Waals surface area contributed by atoms with E-state index in [1.54, 1.807) is 7.11 Å². The predicted octanol–water partition coefficient (Wildman–Crippen LogP) is 1.51. The van der Waals surface area contributed by atoms with Crippen LogP contribution in [0.4, 0.5) is 5.69 Å². The van der Waals surface area contributed by atoms with Gasteiger partial charge in [0.2, 0.25) is 0 Å². The number of nitrogen functional groups attached to an aromatic ring is 1. The van der Waals surface area contributed by atoms with Crippen molar-refractivity contribution >= 4 is 5.69 Å². The van der Waals surface area contributed by atoms with E-state index in [-0.39, 0.29) is 0 Å². The van der Waals surface area contributed by atoms with Gasteiger partial charge in [0.25, 0.3) is 0 Å². The molecule has 0 aliphatic carbocycles. The molecule has 19 heavy (non-hydrogen) atoms. The average Bonchev–Trinajstić information content (AvgIpc) is 2.43. The van der Waals surface area contributed by atoms with Gasteiger partial charge in [-0.05, 0) is 24.3 Å². The Bertz CT molecular complexity index is 387. The predicted molar refractivity (Wildman–Crippen MR) is 74.9 cm³/mol. The lowest BCUT2D eigenvalue weighted by Gasteiger charge is -2.20. The van der Waals surface area contributed by atoms with Crippen LogP contribution in [0.3, 0.4) is 0 Å². The molecule has 0 aliphatic heterocycles. The van der Waals surface area contributed by atoms with Crippen LogP contribution in [-0.4, -0.2) is 44.9 Å². The molecular weight excluding hydrogens is 242 g/mol. The van der Waals surface area contributed by atoms with Gasteiger partial charge in [0.15, 0.2) is 0 Å². The van der Waals surface area contributed by atoms with Crippen molar-refractivity contribution in [2.24, 2.45) is 0 Å². The number of hydrogen-bond donors (Lipinski definition) is 1. The minimum Gasteiger partial charge on any atom is -0.492 e. The van der Waals surface area contributed by atoms with E-state index in [9.17, 15) is 0 Å². The number of nitrogens with zero attached hydrogens (tertiary/aromatic N) is 2. The normalized spacial score (nSPS) is 10.4. The summed E-state index contributed by atoms with van der Waals surface area (Å²) in [6, 6.07) is 9.48. The number of hydrogen-bond acceptors (Lipinski definition) is 5. The van der Waals surface area contributed by atoms with Crippen LogP contribution in [0.1, 0.15) is 6.42 Å². The number of ether oxygens (including phenoxy) is 2. The Balaban J connectivity index is 2.30. The van der Waals surface area contributed by atoms with E-state index in [1.807, 2.05) is 24.3 Å². The first-order chi connectivity index (χ1) is 9.26. The maximum absolute atomic E-state index is 8.62. The second kappa shape index (κ2) is 9.20. The molecule has 0 spiro atoms. The Labute approximate surface area is 114 Å². The maximum Gasteiger partial charge on any atom is 0.119 e. The van der Waals surface area contributed by atoms with Crippen molar-refractivity contribution in [3.63, 3.8) is 0 Å². The highest BCUT2D eigenvalue weighted by atomic mass is 16.5. The Morgan fingerprint density at radius 1 is 1.16 bits per heavy atom. The highest BCUT2D eigenvalue weighted by molar-refractivity contribution is 5.41. The molecule has 0 radical (unpaired) electrons. The minimum atomic E-state index is 0.519. The Hall–Kier alpha value is -1.77.